The van der Waals surface area contributed by atoms with Crippen molar-refractivity contribution >= 4 is 34.5 Å². The van der Waals surface area contributed by atoms with E-state index >= 15 is 0 Å². The van der Waals surface area contributed by atoms with E-state index in [1.54, 1.807) is 70.7 Å². The molecule has 2 aromatic rings. The van der Waals surface area contributed by atoms with Gasteiger partial charge in [-0.15, -0.1) is 0 Å². The maximum atomic E-state index is 12.7. The normalized spacial score (nSPS) is 15.7. The van der Waals surface area contributed by atoms with Crippen LogP contribution >= 0.6 is 11.8 Å². The van der Waals surface area contributed by atoms with Crippen molar-refractivity contribution in [2.75, 3.05) is 35.0 Å². The van der Waals surface area contributed by atoms with Crippen molar-refractivity contribution in [2.45, 2.75) is 6.92 Å². The molecule has 1 aliphatic heterocycles. The van der Waals surface area contributed by atoms with Gasteiger partial charge < -0.3 is 28.8 Å². The Morgan fingerprint density at radius 2 is 1.64 bits per heavy atom. The zero-order chi connectivity index (χ0) is 24.0. The Kier molecular flexibility index (Phi) is 7.89. The minimum Gasteiger partial charge on any atom is -0.506 e. The van der Waals surface area contributed by atoms with Crippen LogP contribution in [0.25, 0.3) is 6.08 Å². The molecule has 8 nitrogen and oxygen atoms in total. The van der Waals surface area contributed by atoms with Crippen LogP contribution in [-0.2, 0) is 9.53 Å². The highest BCUT2D eigenvalue weighted by Gasteiger charge is 2.33. The first-order valence-electron chi connectivity index (χ1n) is 9.98. The SMILES string of the molecule is CCOC(=O)C1=C(O)/C(=C\c2cc(OC)cc(OC)c2)SC1=Nc1ccc(OC)cc1OC. The van der Waals surface area contributed by atoms with E-state index in [1.165, 1.54) is 7.11 Å². The van der Waals surface area contributed by atoms with Gasteiger partial charge in [0.2, 0.25) is 0 Å². The third-order valence-electron chi connectivity index (χ3n) is 4.65. The Morgan fingerprint density at radius 3 is 2.21 bits per heavy atom. The van der Waals surface area contributed by atoms with Gasteiger partial charge in [-0.25, -0.2) is 9.79 Å². The van der Waals surface area contributed by atoms with Gasteiger partial charge in [-0.3, -0.25) is 0 Å². The number of aliphatic hydroxyl groups excluding tert-OH is 1. The van der Waals surface area contributed by atoms with Crippen LogP contribution in [0.2, 0.25) is 0 Å². The van der Waals surface area contributed by atoms with Crippen LogP contribution in [0.4, 0.5) is 5.69 Å². The summed E-state index contributed by atoms with van der Waals surface area (Å²) in [6, 6.07) is 10.4. The Morgan fingerprint density at radius 1 is 0.970 bits per heavy atom. The van der Waals surface area contributed by atoms with E-state index in [0.29, 0.717) is 39.2 Å². The van der Waals surface area contributed by atoms with Crippen LogP contribution in [0.5, 0.6) is 23.0 Å². The Bertz CT molecular complexity index is 1120. The number of rotatable bonds is 8. The number of carbonyl (C=O) groups is 1. The van der Waals surface area contributed by atoms with E-state index in [0.717, 1.165) is 11.8 Å². The predicted molar refractivity (Wildman–Crippen MR) is 128 cm³/mol. The van der Waals surface area contributed by atoms with Crippen LogP contribution in [0, 0.1) is 0 Å². The topological polar surface area (TPSA) is 95.8 Å². The van der Waals surface area contributed by atoms with E-state index in [9.17, 15) is 9.90 Å². The lowest BCUT2D eigenvalue weighted by molar-refractivity contribution is -0.138. The maximum Gasteiger partial charge on any atom is 0.344 e. The van der Waals surface area contributed by atoms with Crippen molar-refractivity contribution in [3.8, 4) is 23.0 Å². The van der Waals surface area contributed by atoms with Crippen molar-refractivity contribution < 1.29 is 33.6 Å². The number of thioether (sulfide) groups is 1. The fourth-order valence-corrected chi connectivity index (χ4v) is 4.07. The molecule has 0 aromatic heterocycles. The van der Waals surface area contributed by atoms with E-state index < -0.39 is 5.97 Å². The fraction of sp³-hybridized carbons (Fsp3) is 0.250. The first-order chi connectivity index (χ1) is 15.9. The van der Waals surface area contributed by atoms with Gasteiger partial charge in [-0.2, -0.15) is 0 Å². The molecule has 0 unspecified atom stereocenters. The first-order valence-corrected chi connectivity index (χ1v) is 10.8. The molecule has 2 aromatic carbocycles. The Labute approximate surface area is 196 Å². The monoisotopic (exact) mass is 471 g/mol. The van der Waals surface area contributed by atoms with Crippen LogP contribution in [0.15, 0.2) is 57.6 Å². The second-order valence-corrected chi connectivity index (χ2v) is 7.69. The highest BCUT2D eigenvalue weighted by molar-refractivity contribution is 8.18. The van der Waals surface area contributed by atoms with E-state index in [2.05, 4.69) is 4.99 Å². The molecule has 174 valence electrons. The number of nitrogens with zero attached hydrogens (tertiary/aromatic N) is 1. The predicted octanol–water partition coefficient (Wildman–Crippen LogP) is 4.91. The highest BCUT2D eigenvalue weighted by Crippen LogP contribution is 2.42. The molecule has 1 N–H and O–H groups in total. The number of aliphatic imine (C=N–C) groups is 1. The molecule has 0 aliphatic carbocycles. The van der Waals surface area contributed by atoms with Crippen LogP contribution in [-0.4, -0.2) is 51.2 Å². The number of hydrogen-bond donors (Lipinski definition) is 1. The fourth-order valence-electron chi connectivity index (χ4n) is 3.04. The second-order valence-electron chi connectivity index (χ2n) is 6.66. The van der Waals surface area contributed by atoms with Crippen molar-refractivity contribution in [3.63, 3.8) is 0 Å². The number of hydrogen-bond acceptors (Lipinski definition) is 9. The van der Waals surface area contributed by atoms with Crippen LogP contribution < -0.4 is 18.9 Å². The summed E-state index contributed by atoms with van der Waals surface area (Å²) in [6.07, 6.45) is 1.72. The molecule has 0 spiro atoms. The Hall–Kier alpha value is -3.59. The van der Waals surface area contributed by atoms with Gasteiger partial charge in [0.05, 0.1) is 40.0 Å². The van der Waals surface area contributed by atoms with Crippen LogP contribution in [0.1, 0.15) is 12.5 Å². The lowest BCUT2D eigenvalue weighted by atomic mass is 10.1. The molecule has 3 rings (SSSR count). The Balaban J connectivity index is 2.09. The van der Waals surface area contributed by atoms with Crippen molar-refractivity contribution in [3.05, 3.63) is 58.2 Å². The van der Waals surface area contributed by atoms with E-state index in [1.807, 2.05) is 0 Å². The van der Waals surface area contributed by atoms with Gasteiger partial charge in [-0.1, -0.05) is 11.8 Å². The number of ether oxygens (including phenoxy) is 5. The van der Waals surface area contributed by atoms with Gasteiger partial charge in [0, 0.05) is 12.1 Å². The summed E-state index contributed by atoms with van der Waals surface area (Å²) < 4.78 is 26.4. The second kappa shape index (κ2) is 10.8. The van der Waals surface area contributed by atoms with Gasteiger partial charge in [0.25, 0.3) is 0 Å². The quantitative estimate of drug-likeness (QED) is 0.543. The molecule has 0 atom stereocenters. The highest BCUT2D eigenvalue weighted by atomic mass is 32.2. The summed E-state index contributed by atoms with van der Waals surface area (Å²) in [5, 5.41) is 11.2. The minimum atomic E-state index is -0.666. The molecule has 0 fully saturated rings. The third kappa shape index (κ3) is 5.43. The summed E-state index contributed by atoms with van der Waals surface area (Å²) in [7, 11) is 6.18. The number of benzene rings is 2. The summed E-state index contributed by atoms with van der Waals surface area (Å²) in [4.78, 5) is 17.7. The molecule has 0 bridgehead atoms. The average molecular weight is 472 g/mol. The molecule has 33 heavy (non-hydrogen) atoms. The molecular formula is C24H25NO7S. The van der Waals surface area contributed by atoms with Crippen LogP contribution in [0.3, 0.4) is 0 Å². The number of carbonyl (C=O) groups excluding carboxylic acids is 1. The summed E-state index contributed by atoms with van der Waals surface area (Å²) >= 11 is 1.14. The lowest BCUT2D eigenvalue weighted by Gasteiger charge is -2.08. The number of aliphatic hydroxyl groups is 1. The minimum absolute atomic E-state index is 0.0131. The van der Waals surface area contributed by atoms with Crippen molar-refractivity contribution in [2.24, 2.45) is 4.99 Å². The van der Waals surface area contributed by atoms with Gasteiger partial charge >= 0.3 is 5.97 Å². The molecule has 9 heteroatoms. The third-order valence-corrected chi connectivity index (χ3v) is 5.67. The van der Waals surface area contributed by atoms with E-state index in [-0.39, 0.29) is 23.0 Å². The van der Waals surface area contributed by atoms with Gasteiger partial charge in [0.1, 0.15) is 45.1 Å². The van der Waals surface area contributed by atoms with Gasteiger partial charge in [0.15, 0.2) is 0 Å². The van der Waals surface area contributed by atoms with Gasteiger partial charge in [-0.05, 0) is 42.8 Å². The summed E-state index contributed by atoms with van der Waals surface area (Å²) in [5.41, 5.74) is 1.17. The average Bonchev–Trinajstić information content (AvgIpc) is 3.13. The zero-order valence-corrected chi connectivity index (χ0v) is 19.8. The number of methoxy groups -OCH3 is 4. The smallest absolute Gasteiger partial charge is 0.344 e. The maximum absolute atomic E-state index is 12.7. The summed E-state index contributed by atoms with van der Waals surface area (Å²) in [6.45, 7) is 1.85. The number of esters is 1. The molecule has 0 radical (unpaired) electrons. The van der Waals surface area contributed by atoms with Crippen molar-refractivity contribution in [1.29, 1.82) is 0 Å². The zero-order valence-electron chi connectivity index (χ0n) is 19.0. The molecule has 0 amide bonds. The standard InChI is InChI=1S/C24H25NO7S/c1-6-32-24(27)21-22(26)20(11-14-9-16(29-3)12-17(10-14)30-4)33-23(21)25-18-8-7-15(28-2)13-19(18)31-5/h7-13,26H,6H2,1-5H3/b20-11+,25-23?. The molecule has 1 aliphatic rings. The first kappa shape index (κ1) is 24.1. The molecule has 0 saturated heterocycles. The lowest BCUT2D eigenvalue weighted by Crippen LogP contribution is -2.12. The molecule has 0 saturated carbocycles. The summed E-state index contributed by atoms with van der Waals surface area (Å²) in [5.74, 6) is 1.36. The van der Waals surface area contributed by atoms with E-state index in [4.69, 9.17) is 23.7 Å². The molecular weight excluding hydrogens is 446 g/mol. The van der Waals surface area contributed by atoms with Crippen molar-refractivity contribution in [1.82, 2.24) is 0 Å². The largest absolute Gasteiger partial charge is 0.506 e. The molecule has 1 heterocycles.